The molecule has 0 bridgehead atoms. The fourth-order valence-corrected chi connectivity index (χ4v) is 5.30. The third kappa shape index (κ3) is 7.01. The zero-order chi connectivity index (χ0) is 26.4. The van der Waals surface area contributed by atoms with E-state index in [-0.39, 0.29) is 5.97 Å². The standard InChI is InChI=1S/C25H30Br2N6O4/c1-35-21-13-20-17(25(30-15-29-20)31-16-10-18(26)24(28)19(27)11-16)12-22(21)37-9-3-4-32-5-7-33(8-6-32)14-23(34)36-2/h10-13,15H,3-9,14,28H2,1-2H3,(H,29,30,31). The summed E-state index contributed by atoms with van der Waals surface area (Å²) < 4.78 is 18.0. The summed E-state index contributed by atoms with van der Waals surface area (Å²) in [7, 11) is 3.04. The lowest BCUT2D eigenvalue weighted by atomic mass is 10.2. The number of nitrogens with two attached hydrogens (primary N) is 1. The molecule has 37 heavy (non-hydrogen) atoms. The summed E-state index contributed by atoms with van der Waals surface area (Å²) in [5, 5.41) is 4.16. The molecule has 12 heteroatoms. The van der Waals surface area contributed by atoms with E-state index in [1.807, 2.05) is 24.3 Å². The van der Waals surface area contributed by atoms with Gasteiger partial charge in [-0.1, -0.05) is 0 Å². The highest BCUT2D eigenvalue weighted by Crippen LogP contribution is 2.37. The van der Waals surface area contributed by atoms with Crippen molar-refractivity contribution >= 4 is 65.9 Å². The number of nitrogens with one attached hydrogen (secondary N) is 1. The van der Waals surface area contributed by atoms with Crippen molar-refractivity contribution < 1.29 is 19.0 Å². The number of nitrogen functional groups attached to an aromatic ring is 1. The number of hydrogen-bond acceptors (Lipinski definition) is 10. The highest BCUT2D eigenvalue weighted by molar-refractivity contribution is 9.11. The number of hydrogen-bond donors (Lipinski definition) is 2. The maximum Gasteiger partial charge on any atom is 0.319 e. The van der Waals surface area contributed by atoms with Gasteiger partial charge in [-0.15, -0.1) is 0 Å². The van der Waals surface area contributed by atoms with E-state index < -0.39 is 0 Å². The molecule has 1 aliphatic rings. The van der Waals surface area contributed by atoms with Crippen molar-refractivity contribution in [3.05, 3.63) is 39.5 Å². The number of aromatic nitrogens is 2. The number of fused-ring (bicyclic) bond motifs is 1. The van der Waals surface area contributed by atoms with Crippen LogP contribution in [-0.2, 0) is 9.53 Å². The molecule has 1 fully saturated rings. The number of carbonyl (C=O) groups is 1. The topological polar surface area (TPSA) is 115 Å². The summed E-state index contributed by atoms with van der Waals surface area (Å²) in [6.45, 7) is 5.34. The van der Waals surface area contributed by atoms with Crippen LogP contribution < -0.4 is 20.5 Å². The number of ether oxygens (including phenoxy) is 3. The van der Waals surface area contributed by atoms with Crippen LogP contribution in [0.1, 0.15) is 6.42 Å². The zero-order valence-corrected chi connectivity index (χ0v) is 24.0. The highest BCUT2D eigenvalue weighted by atomic mass is 79.9. The second kappa shape index (κ2) is 12.7. The summed E-state index contributed by atoms with van der Waals surface area (Å²) in [5.41, 5.74) is 8.20. The molecule has 4 rings (SSSR count). The molecule has 0 unspecified atom stereocenters. The summed E-state index contributed by atoms with van der Waals surface area (Å²) >= 11 is 6.96. The molecule has 3 N–H and O–H groups in total. The first-order valence-corrected chi connectivity index (χ1v) is 13.4. The number of nitrogens with zero attached hydrogens (tertiary/aromatic N) is 4. The molecule has 0 atom stereocenters. The Balaban J connectivity index is 1.39. The van der Waals surface area contributed by atoms with Crippen molar-refractivity contribution in [2.24, 2.45) is 0 Å². The lowest BCUT2D eigenvalue weighted by Gasteiger charge is -2.33. The predicted octanol–water partition coefficient (Wildman–Crippen LogP) is 4.05. The van der Waals surface area contributed by atoms with Gasteiger partial charge in [-0.3, -0.25) is 9.69 Å². The molecule has 10 nitrogen and oxygen atoms in total. The quantitative estimate of drug-likeness (QED) is 0.192. The van der Waals surface area contributed by atoms with E-state index in [0.717, 1.165) is 64.7 Å². The largest absolute Gasteiger partial charge is 0.493 e. The Kier molecular flexibility index (Phi) is 9.41. The molecular formula is C25H30Br2N6O4. The normalized spacial score (nSPS) is 14.5. The molecule has 0 spiro atoms. The number of halogens is 2. The Morgan fingerprint density at radius 2 is 1.73 bits per heavy atom. The maximum absolute atomic E-state index is 11.5. The molecule has 198 valence electrons. The van der Waals surface area contributed by atoms with Crippen molar-refractivity contribution in [2.75, 3.05) is 71.1 Å². The van der Waals surface area contributed by atoms with Crippen LogP contribution in [0, 0.1) is 0 Å². The monoisotopic (exact) mass is 636 g/mol. The molecule has 3 aromatic rings. The average molecular weight is 638 g/mol. The molecule has 0 amide bonds. The van der Waals surface area contributed by atoms with E-state index in [4.69, 9.17) is 19.9 Å². The van der Waals surface area contributed by atoms with E-state index in [1.54, 1.807) is 7.11 Å². The van der Waals surface area contributed by atoms with E-state index in [1.165, 1.54) is 13.4 Å². The van der Waals surface area contributed by atoms with Gasteiger partial charge < -0.3 is 30.2 Å². The van der Waals surface area contributed by atoms with Gasteiger partial charge in [0.05, 0.1) is 38.6 Å². The smallest absolute Gasteiger partial charge is 0.319 e. The van der Waals surface area contributed by atoms with Gasteiger partial charge in [-0.2, -0.15) is 0 Å². The fraction of sp³-hybridized carbons (Fsp3) is 0.400. The molecule has 0 saturated carbocycles. The molecule has 1 aromatic heterocycles. The Hall–Kier alpha value is -2.67. The van der Waals surface area contributed by atoms with E-state index in [9.17, 15) is 4.79 Å². The summed E-state index contributed by atoms with van der Waals surface area (Å²) in [5.74, 6) is 1.71. The molecule has 2 heterocycles. The van der Waals surface area contributed by atoms with Crippen LogP contribution in [0.3, 0.4) is 0 Å². The first-order chi connectivity index (χ1) is 17.9. The summed E-state index contributed by atoms with van der Waals surface area (Å²) in [6, 6.07) is 7.55. The lowest BCUT2D eigenvalue weighted by molar-refractivity contribution is -0.142. The third-order valence-corrected chi connectivity index (χ3v) is 7.50. The van der Waals surface area contributed by atoms with Gasteiger partial charge in [0.2, 0.25) is 0 Å². The van der Waals surface area contributed by atoms with Crippen LogP contribution in [0.4, 0.5) is 17.2 Å². The number of piperazine rings is 1. The lowest BCUT2D eigenvalue weighted by Crippen LogP contribution is -2.48. The molecular weight excluding hydrogens is 608 g/mol. The average Bonchev–Trinajstić information content (AvgIpc) is 2.90. The van der Waals surface area contributed by atoms with Gasteiger partial charge >= 0.3 is 5.97 Å². The number of esters is 1. The first-order valence-electron chi connectivity index (χ1n) is 11.9. The molecule has 1 saturated heterocycles. The van der Waals surface area contributed by atoms with Crippen molar-refractivity contribution in [2.45, 2.75) is 6.42 Å². The summed E-state index contributed by atoms with van der Waals surface area (Å²) in [6.07, 6.45) is 2.37. The maximum atomic E-state index is 11.5. The minimum Gasteiger partial charge on any atom is -0.493 e. The van der Waals surface area contributed by atoms with Gasteiger partial charge in [0.15, 0.2) is 11.5 Å². The van der Waals surface area contributed by atoms with E-state index in [0.29, 0.717) is 36.2 Å². The highest BCUT2D eigenvalue weighted by Gasteiger charge is 2.19. The van der Waals surface area contributed by atoms with Gasteiger partial charge in [-0.25, -0.2) is 9.97 Å². The predicted molar refractivity (Wildman–Crippen MR) is 151 cm³/mol. The minimum absolute atomic E-state index is 0.191. The molecule has 0 radical (unpaired) electrons. The minimum atomic E-state index is -0.191. The van der Waals surface area contributed by atoms with Crippen molar-refractivity contribution in [1.29, 1.82) is 0 Å². The summed E-state index contributed by atoms with van der Waals surface area (Å²) in [4.78, 5) is 24.8. The van der Waals surface area contributed by atoms with Crippen LogP contribution in [0.15, 0.2) is 39.5 Å². The van der Waals surface area contributed by atoms with Crippen molar-refractivity contribution in [3.8, 4) is 11.5 Å². The second-order valence-electron chi connectivity index (χ2n) is 8.62. The number of rotatable bonds is 10. The zero-order valence-electron chi connectivity index (χ0n) is 20.8. The van der Waals surface area contributed by atoms with Gasteiger partial charge in [0.25, 0.3) is 0 Å². The SMILES string of the molecule is COC(=O)CN1CCN(CCCOc2cc3c(Nc4cc(Br)c(N)c(Br)c4)ncnc3cc2OC)CC1. The van der Waals surface area contributed by atoms with Gasteiger partial charge in [0.1, 0.15) is 12.1 Å². The number of benzene rings is 2. The van der Waals surface area contributed by atoms with Crippen LogP contribution in [0.2, 0.25) is 0 Å². The van der Waals surface area contributed by atoms with Gasteiger partial charge in [-0.05, 0) is 56.5 Å². The van der Waals surface area contributed by atoms with Crippen LogP contribution >= 0.6 is 31.9 Å². The number of methoxy groups -OCH3 is 2. The first kappa shape index (κ1) is 27.4. The van der Waals surface area contributed by atoms with Crippen molar-refractivity contribution in [3.63, 3.8) is 0 Å². The molecule has 2 aromatic carbocycles. The van der Waals surface area contributed by atoms with Crippen LogP contribution in [0.5, 0.6) is 11.5 Å². The fourth-order valence-electron chi connectivity index (χ4n) is 4.12. The van der Waals surface area contributed by atoms with Gasteiger partial charge in [0, 0.05) is 58.8 Å². The Labute approximate surface area is 232 Å². The van der Waals surface area contributed by atoms with Crippen LogP contribution in [0.25, 0.3) is 10.9 Å². The molecule has 0 aliphatic carbocycles. The Bertz CT molecular complexity index is 1230. The number of anilines is 3. The Morgan fingerprint density at radius 3 is 2.41 bits per heavy atom. The van der Waals surface area contributed by atoms with E-state index in [2.05, 4.69) is 56.9 Å². The van der Waals surface area contributed by atoms with E-state index >= 15 is 0 Å². The van der Waals surface area contributed by atoms with Crippen molar-refractivity contribution in [1.82, 2.24) is 19.8 Å². The third-order valence-electron chi connectivity index (χ3n) is 6.18. The number of carbonyl (C=O) groups excluding carboxylic acids is 1. The molecule has 1 aliphatic heterocycles. The Morgan fingerprint density at radius 1 is 1.03 bits per heavy atom. The van der Waals surface area contributed by atoms with Crippen LogP contribution in [-0.4, -0.2) is 85.8 Å². The second-order valence-corrected chi connectivity index (χ2v) is 10.3.